The molecule has 1 amide bonds. The maximum absolute atomic E-state index is 11.8. The molecular formula is C12H11Cl2N5O. The largest absolute Gasteiger partial charge is 0.370 e. The summed E-state index contributed by atoms with van der Waals surface area (Å²) in [5, 5.41) is 4.97. The summed E-state index contributed by atoms with van der Waals surface area (Å²) in [7, 11) is 0. The Kier molecular flexibility index (Phi) is 3.96. The normalized spacial score (nSPS) is 10.3. The fraction of sp³-hybridized carbons (Fsp3) is 0.0833. The van der Waals surface area contributed by atoms with Crippen molar-refractivity contribution in [3.05, 3.63) is 45.7 Å². The summed E-state index contributed by atoms with van der Waals surface area (Å²) in [5.74, 6) is -0.842. The van der Waals surface area contributed by atoms with Gasteiger partial charge in [0.15, 0.2) is 5.96 Å². The second kappa shape index (κ2) is 5.52. The molecule has 0 saturated heterocycles. The van der Waals surface area contributed by atoms with E-state index in [0.29, 0.717) is 27.0 Å². The Morgan fingerprint density at radius 2 is 2.00 bits per heavy atom. The minimum absolute atomic E-state index is 0.295. The monoisotopic (exact) mass is 311 g/mol. The molecule has 0 radical (unpaired) electrons. The van der Waals surface area contributed by atoms with Crippen LogP contribution in [-0.4, -0.2) is 21.6 Å². The van der Waals surface area contributed by atoms with Crippen LogP contribution in [0.25, 0.3) is 5.69 Å². The summed E-state index contributed by atoms with van der Waals surface area (Å²) in [6, 6.07) is 5.04. The van der Waals surface area contributed by atoms with Crippen molar-refractivity contribution in [1.29, 1.82) is 0 Å². The third-order valence-corrected chi connectivity index (χ3v) is 3.36. The Morgan fingerprint density at radius 1 is 1.30 bits per heavy atom. The molecule has 4 N–H and O–H groups in total. The van der Waals surface area contributed by atoms with Gasteiger partial charge >= 0.3 is 0 Å². The zero-order valence-electron chi connectivity index (χ0n) is 10.5. The van der Waals surface area contributed by atoms with E-state index >= 15 is 0 Å². The highest BCUT2D eigenvalue weighted by atomic mass is 35.5. The lowest BCUT2D eigenvalue weighted by Crippen LogP contribution is -2.24. The zero-order chi connectivity index (χ0) is 14.9. The van der Waals surface area contributed by atoms with Crippen LogP contribution in [-0.2, 0) is 0 Å². The van der Waals surface area contributed by atoms with Crippen molar-refractivity contribution in [2.75, 3.05) is 0 Å². The maximum atomic E-state index is 11.8. The molecule has 2 rings (SSSR count). The molecule has 0 spiro atoms. The SMILES string of the molecule is Cc1c(C(=O)N=C(N)N)cnn1-c1ccc(Cl)c(Cl)c1. The van der Waals surface area contributed by atoms with Crippen molar-refractivity contribution in [3.63, 3.8) is 0 Å². The highest BCUT2D eigenvalue weighted by Gasteiger charge is 2.15. The number of hydrogen-bond donors (Lipinski definition) is 2. The lowest BCUT2D eigenvalue weighted by Gasteiger charge is -2.06. The van der Waals surface area contributed by atoms with E-state index in [1.165, 1.54) is 6.20 Å². The molecule has 0 bridgehead atoms. The zero-order valence-corrected chi connectivity index (χ0v) is 12.0. The first-order valence-corrected chi connectivity index (χ1v) is 6.29. The molecular weight excluding hydrogens is 301 g/mol. The van der Waals surface area contributed by atoms with Gasteiger partial charge in [0.05, 0.1) is 33.2 Å². The minimum Gasteiger partial charge on any atom is -0.370 e. The number of amides is 1. The van der Waals surface area contributed by atoms with E-state index in [4.69, 9.17) is 34.7 Å². The van der Waals surface area contributed by atoms with Gasteiger partial charge in [0, 0.05) is 0 Å². The fourth-order valence-electron chi connectivity index (χ4n) is 1.67. The first kappa shape index (κ1) is 14.4. The van der Waals surface area contributed by atoms with Gasteiger partial charge in [-0.25, -0.2) is 4.68 Å². The van der Waals surface area contributed by atoms with Gasteiger partial charge in [0.2, 0.25) is 0 Å². The van der Waals surface area contributed by atoms with Gasteiger partial charge in [-0.15, -0.1) is 0 Å². The molecule has 0 aliphatic rings. The van der Waals surface area contributed by atoms with Crippen molar-refractivity contribution >= 4 is 35.1 Å². The molecule has 0 saturated carbocycles. The average Bonchev–Trinajstić information content (AvgIpc) is 2.74. The van der Waals surface area contributed by atoms with E-state index in [9.17, 15) is 4.79 Å². The molecule has 1 aromatic heterocycles. The number of carbonyl (C=O) groups is 1. The lowest BCUT2D eigenvalue weighted by molar-refractivity contribution is 0.100. The number of hydrogen-bond acceptors (Lipinski definition) is 2. The molecule has 1 heterocycles. The molecule has 0 aliphatic heterocycles. The van der Waals surface area contributed by atoms with Gasteiger partial charge < -0.3 is 11.5 Å². The van der Waals surface area contributed by atoms with E-state index in [1.54, 1.807) is 29.8 Å². The standard InChI is InChI=1S/C12H11Cl2N5O/c1-6-8(11(20)18-12(15)16)5-17-19(6)7-2-3-9(13)10(14)4-7/h2-5H,1H3,(H4,15,16,18,20). The summed E-state index contributed by atoms with van der Waals surface area (Å²) in [4.78, 5) is 15.3. The number of carbonyl (C=O) groups excluding carboxylic acids is 1. The quantitative estimate of drug-likeness (QED) is 0.653. The number of benzene rings is 1. The van der Waals surface area contributed by atoms with Crippen LogP contribution in [0.15, 0.2) is 29.4 Å². The molecule has 1 aromatic carbocycles. The van der Waals surface area contributed by atoms with Gasteiger partial charge in [0.1, 0.15) is 0 Å². The Bertz CT molecular complexity index is 704. The van der Waals surface area contributed by atoms with Crippen LogP contribution in [0.5, 0.6) is 0 Å². The third-order valence-electron chi connectivity index (χ3n) is 2.62. The maximum Gasteiger partial charge on any atom is 0.283 e. The predicted octanol–water partition coefficient (Wildman–Crippen LogP) is 1.90. The first-order chi connectivity index (χ1) is 9.40. The number of aromatic nitrogens is 2. The van der Waals surface area contributed by atoms with Crippen LogP contribution in [0.4, 0.5) is 0 Å². The van der Waals surface area contributed by atoms with Gasteiger partial charge in [-0.2, -0.15) is 10.1 Å². The Labute approximate surface area is 125 Å². The summed E-state index contributed by atoms with van der Waals surface area (Å²) >= 11 is 11.8. The first-order valence-electron chi connectivity index (χ1n) is 5.54. The number of halogens is 2. The Morgan fingerprint density at radius 3 is 2.60 bits per heavy atom. The Hall–Kier alpha value is -2.05. The van der Waals surface area contributed by atoms with Crippen molar-refractivity contribution in [3.8, 4) is 5.69 Å². The van der Waals surface area contributed by atoms with Crippen LogP contribution in [0, 0.1) is 6.92 Å². The second-order valence-electron chi connectivity index (χ2n) is 4.00. The predicted molar refractivity (Wildman–Crippen MR) is 78.5 cm³/mol. The molecule has 2 aromatic rings. The average molecular weight is 312 g/mol. The van der Waals surface area contributed by atoms with Crippen LogP contribution in [0.1, 0.15) is 16.1 Å². The third kappa shape index (κ3) is 2.76. The van der Waals surface area contributed by atoms with Crippen LogP contribution in [0.3, 0.4) is 0 Å². The number of aliphatic imine (C=N–C) groups is 1. The van der Waals surface area contributed by atoms with Crippen molar-refractivity contribution in [1.82, 2.24) is 9.78 Å². The van der Waals surface area contributed by atoms with E-state index < -0.39 is 5.91 Å². The highest BCUT2D eigenvalue weighted by Crippen LogP contribution is 2.25. The topological polar surface area (TPSA) is 99.3 Å². The molecule has 8 heteroatoms. The number of guanidine groups is 1. The number of nitrogens with two attached hydrogens (primary N) is 2. The van der Waals surface area contributed by atoms with Gasteiger partial charge in [0.25, 0.3) is 5.91 Å². The molecule has 0 aliphatic carbocycles. The van der Waals surface area contributed by atoms with E-state index in [1.807, 2.05) is 0 Å². The van der Waals surface area contributed by atoms with Crippen molar-refractivity contribution in [2.24, 2.45) is 16.5 Å². The van der Waals surface area contributed by atoms with Crippen molar-refractivity contribution in [2.45, 2.75) is 6.92 Å². The number of nitrogens with zero attached hydrogens (tertiary/aromatic N) is 3. The molecule has 0 atom stereocenters. The summed E-state index contributed by atoms with van der Waals surface area (Å²) < 4.78 is 1.55. The van der Waals surface area contributed by atoms with Crippen molar-refractivity contribution < 1.29 is 4.79 Å². The molecule has 0 fully saturated rings. The van der Waals surface area contributed by atoms with Crippen LogP contribution >= 0.6 is 23.2 Å². The van der Waals surface area contributed by atoms with Crippen LogP contribution < -0.4 is 11.5 Å². The summed E-state index contributed by atoms with van der Waals surface area (Å²) in [6.07, 6.45) is 1.40. The fourth-order valence-corrected chi connectivity index (χ4v) is 1.97. The minimum atomic E-state index is -0.547. The Balaban J connectivity index is 2.45. The molecule has 0 unspecified atom stereocenters. The van der Waals surface area contributed by atoms with Crippen LogP contribution in [0.2, 0.25) is 10.0 Å². The molecule has 6 nitrogen and oxygen atoms in total. The van der Waals surface area contributed by atoms with E-state index in [-0.39, 0.29) is 5.96 Å². The summed E-state index contributed by atoms with van der Waals surface area (Å²) in [5.41, 5.74) is 12.0. The smallest absolute Gasteiger partial charge is 0.283 e. The highest BCUT2D eigenvalue weighted by molar-refractivity contribution is 6.42. The van der Waals surface area contributed by atoms with Gasteiger partial charge in [-0.05, 0) is 25.1 Å². The van der Waals surface area contributed by atoms with Gasteiger partial charge in [-0.1, -0.05) is 23.2 Å². The number of rotatable bonds is 2. The van der Waals surface area contributed by atoms with E-state index in [0.717, 1.165) is 0 Å². The molecule has 104 valence electrons. The summed E-state index contributed by atoms with van der Waals surface area (Å²) in [6.45, 7) is 1.73. The second-order valence-corrected chi connectivity index (χ2v) is 4.81. The molecule has 20 heavy (non-hydrogen) atoms. The van der Waals surface area contributed by atoms with Gasteiger partial charge in [-0.3, -0.25) is 4.79 Å². The van der Waals surface area contributed by atoms with E-state index in [2.05, 4.69) is 10.1 Å². The lowest BCUT2D eigenvalue weighted by atomic mass is 10.2.